The highest BCUT2D eigenvalue weighted by Crippen LogP contribution is 2.23. The first-order valence-electron chi connectivity index (χ1n) is 4.67. The number of aromatic nitrogens is 4. The van der Waals surface area contributed by atoms with Gasteiger partial charge in [0, 0.05) is 30.3 Å². The van der Waals surface area contributed by atoms with Gasteiger partial charge in [0.2, 0.25) is 5.16 Å². The molecule has 1 aliphatic heterocycles. The van der Waals surface area contributed by atoms with E-state index in [0.29, 0.717) is 0 Å². The van der Waals surface area contributed by atoms with Gasteiger partial charge in [-0.25, -0.2) is 4.68 Å². The van der Waals surface area contributed by atoms with E-state index in [1.165, 1.54) is 0 Å². The first-order chi connectivity index (χ1) is 7.45. The maximum atomic E-state index is 4.16. The van der Waals surface area contributed by atoms with E-state index < -0.39 is 0 Å². The summed E-state index contributed by atoms with van der Waals surface area (Å²) in [5, 5.41) is 9.19. The SMILES string of the molecule is c1cncc(-c2nnc3n2NCCS3)c1. The Kier molecular flexibility index (Phi) is 2.06. The molecule has 0 aromatic carbocycles. The molecule has 76 valence electrons. The van der Waals surface area contributed by atoms with E-state index in [-0.39, 0.29) is 0 Å². The molecule has 15 heavy (non-hydrogen) atoms. The predicted molar refractivity (Wildman–Crippen MR) is 58.2 cm³/mol. The van der Waals surface area contributed by atoms with Crippen LogP contribution in [0.15, 0.2) is 29.7 Å². The van der Waals surface area contributed by atoms with Crippen molar-refractivity contribution in [1.82, 2.24) is 19.9 Å². The molecule has 2 aromatic rings. The first-order valence-corrected chi connectivity index (χ1v) is 5.66. The van der Waals surface area contributed by atoms with Crippen LogP contribution in [0.2, 0.25) is 0 Å². The smallest absolute Gasteiger partial charge is 0.210 e. The third-order valence-corrected chi connectivity index (χ3v) is 3.09. The quantitative estimate of drug-likeness (QED) is 0.775. The van der Waals surface area contributed by atoms with Crippen molar-refractivity contribution >= 4 is 11.8 Å². The van der Waals surface area contributed by atoms with Gasteiger partial charge in [-0.1, -0.05) is 11.8 Å². The maximum Gasteiger partial charge on any atom is 0.210 e. The molecular weight excluding hydrogens is 210 g/mol. The lowest BCUT2D eigenvalue weighted by atomic mass is 10.3. The van der Waals surface area contributed by atoms with E-state index in [1.54, 1.807) is 24.2 Å². The second kappa shape index (κ2) is 3.54. The van der Waals surface area contributed by atoms with Crippen LogP contribution in [0.3, 0.4) is 0 Å². The molecule has 0 saturated heterocycles. The highest BCUT2D eigenvalue weighted by atomic mass is 32.2. The monoisotopic (exact) mass is 219 g/mol. The Labute approximate surface area is 90.9 Å². The average molecular weight is 219 g/mol. The van der Waals surface area contributed by atoms with Crippen molar-refractivity contribution < 1.29 is 0 Å². The fourth-order valence-electron chi connectivity index (χ4n) is 1.49. The minimum absolute atomic E-state index is 0.824. The van der Waals surface area contributed by atoms with Gasteiger partial charge in [0.15, 0.2) is 5.82 Å². The second-order valence-corrected chi connectivity index (χ2v) is 4.20. The molecule has 0 aliphatic carbocycles. The van der Waals surface area contributed by atoms with Gasteiger partial charge in [0.05, 0.1) is 0 Å². The molecule has 0 amide bonds. The van der Waals surface area contributed by atoms with Gasteiger partial charge < -0.3 is 5.43 Å². The summed E-state index contributed by atoms with van der Waals surface area (Å²) in [6, 6.07) is 3.87. The van der Waals surface area contributed by atoms with Crippen LogP contribution >= 0.6 is 11.8 Å². The third-order valence-electron chi connectivity index (χ3n) is 2.16. The lowest BCUT2D eigenvalue weighted by Gasteiger charge is -2.16. The number of nitrogens with zero attached hydrogens (tertiary/aromatic N) is 4. The predicted octanol–water partition coefficient (Wildman–Crippen LogP) is 0.989. The highest BCUT2D eigenvalue weighted by Gasteiger charge is 2.16. The topological polar surface area (TPSA) is 55.6 Å². The Morgan fingerprint density at radius 1 is 1.40 bits per heavy atom. The van der Waals surface area contributed by atoms with E-state index in [1.807, 2.05) is 16.8 Å². The molecule has 2 aromatic heterocycles. The Hall–Kier alpha value is -1.56. The van der Waals surface area contributed by atoms with Crippen LogP contribution in [0.4, 0.5) is 0 Å². The molecule has 1 N–H and O–H groups in total. The normalized spacial score (nSPS) is 14.4. The number of pyridine rings is 1. The summed E-state index contributed by atoms with van der Waals surface area (Å²) < 4.78 is 1.92. The van der Waals surface area contributed by atoms with Crippen molar-refractivity contribution in [3.05, 3.63) is 24.5 Å². The van der Waals surface area contributed by atoms with E-state index in [9.17, 15) is 0 Å². The standard InChI is InChI=1S/C9H9N5S/c1-2-7(6-10-3-1)8-12-13-9-14(8)11-4-5-15-9/h1-3,6,11H,4-5H2. The van der Waals surface area contributed by atoms with Crippen LogP contribution in [0.1, 0.15) is 0 Å². The van der Waals surface area contributed by atoms with Crippen LogP contribution in [0, 0.1) is 0 Å². The molecule has 5 nitrogen and oxygen atoms in total. The second-order valence-electron chi connectivity index (χ2n) is 3.14. The van der Waals surface area contributed by atoms with Gasteiger partial charge in [-0.3, -0.25) is 4.98 Å². The third kappa shape index (κ3) is 1.46. The lowest BCUT2D eigenvalue weighted by Crippen LogP contribution is -2.23. The molecular formula is C9H9N5S. The van der Waals surface area contributed by atoms with Crippen molar-refractivity contribution in [2.75, 3.05) is 17.7 Å². The summed E-state index contributed by atoms with van der Waals surface area (Å²) in [7, 11) is 0. The minimum atomic E-state index is 0.824. The summed E-state index contributed by atoms with van der Waals surface area (Å²) in [6.07, 6.45) is 3.54. The summed E-state index contributed by atoms with van der Waals surface area (Å²) in [6.45, 7) is 0.934. The van der Waals surface area contributed by atoms with Crippen molar-refractivity contribution in [1.29, 1.82) is 0 Å². The number of nitrogens with one attached hydrogen (secondary N) is 1. The molecule has 6 heteroatoms. The molecule has 0 bridgehead atoms. The zero-order chi connectivity index (χ0) is 10.1. The lowest BCUT2D eigenvalue weighted by molar-refractivity contribution is 0.755. The Morgan fingerprint density at radius 2 is 2.40 bits per heavy atom. The van der Waals surface area contributed by atoms with Crippen molar-refractivity contribution in [3.8, 4) is 11.4 Å². The van der Waals surface area contributed by atoms with Crippen LogP contribution in [0.25, 0.3) is 11.4 Å². The fourth-order valence-corrected chi connectivity index (χ4v) is 2.24. The summed E-state index contributed by atoms with van der Waals surface area (Å²) in [5.74, 6) is 1.86. The number of thioether (sulfide) groups is 1. The summed E-state index contributed by atoms with van der Waals surface area (Å²) in [5.41, 5.74) is 4.23. The molecule has 0 saturated carbocycles. The van der Waals surface area contributed by atoms with Gasteiger partial charge in [0.1, 0.15) is 0 Å². The number of fused-ring (bicyclic) bond motifs is 1. The molecule has 1 aliphatic rings. The van der Waals surface area contributed by atoms with E-state index in [0.717, 1.165) is 28.8 Å². The molecule has 3 rings (SSSR count). The molecule has 0 spiro atoms. The van der Waals surface area contributed by atoms with Crippen molar-refractivity contribution in [2.24, 2.45) is 0 Å². The molecule has 0 atom stereocenters. The van der Waals surface area contributed by atoms with Gasteiger partial charge >= 0.3 is 0 Å². The van der Waals surface area contributed by atoms with Crippen LogP contribution in [-0.4, -0.2) is 32.2 Å². The molecule has 0 radical (unpaired) electrons. The zero-order valence-electron chi connectivity index (χ0n) is 7.92. The number of hydrogen-bond acceptors (Lipinski definition) is 5. The van der Waals surface area contributed by atoms with Gasteiger partial charge in [-0.15, -0.1) is 10.2 Å². The molecule has 0 unspecified atom stereocenters. The van der Waals surface area contributed by atoms with Gasteiger partial charge in [-0.05, 0) is 12.1 Å². The minimum Gasteiger partial charge on any atom is -0.321 e. The summed E-state index contributed by atoms with van der Waals surface area (Å²) in [4.78, 5) is 4.07. The number of rotatable bonds is 1. The Balaban J connectivity index is 2.09. The number of hydrogen-bond donors (Lipinski definition) is 1. The highest BCUT2D eigenvalue weighted by molar-refractivity contribution is 7.99. The zero-order valence-corrected chi connectivity index (χ0v) is 8.74. The maximum absolute atomic E-state index is 4.16. The largest absolute Gasteiger partial charge is 0.321 e. The van der Waals surface area contributed by atoms with Crippen LogP contribution in [0.5, 0.6) is 0 Å². The van der Waals surface area contributed by atoms with E-state index in [2.05, 4.69) is 20.6 Å². The Bertz CT molecular complexity index is 467. The van der Waals surface area contributed by atoms with Crippen LogP contribution in [-0.2, 0) is 0 Å². The first kappa shape index (κ1) is 8.72. The van der Waals surface area contributed by atoms with E-state index >= 15 is 0 Å². The average Bonchev–Trinajstić information content (AvgIpc) is 2.74. The summed E-state index contributed by atoms with van der Waals surface area (Å²) >= 11 is 1.71. The van der Waals surface area contributed by atoms with Gasteiger partial charge in [-0.2, -0.15) is 0 Å². The van der Waals surface area contributed by atoms with Crippen LogP contribution < -0.4 is 5.43 Å². The molecule has 0 fully saturated rings. The van der Waals surface area contributed by atoms with Gasteiger partial charge in [0.25, 0.3) is 0 Å². The van der Waals surface area contributed by atoms with Crippen molar-refractivity contribution in [2.45, 2.75) is 5.16 Å². The van der Waals surface area contributed by atoms with E-state index in [4.69, 9.17) is 0 Å². The Morgan fingerprint density at radius 3 is 3.27 bits per heavy atom. The molecule has 3 heterocycles. The fraction of sp³-hybridized carbons (Fsp3) is 0.222. The van der Waals surface area contributed by atoms with Crippen molar-refractivity contribution in [3.63, 3.8) is 0 Å².